The lowest BCUT2D eigenvalue weighted by Crippen LogP contribution is -2.38. The zero-order chi connectivity index (χ0) is 39.6. The first-order valence-corrected chi connectivity index (χ1v) is 23.7. The predicted octanol–water partition coefficient (Wildman–Crippen LogP) is 12.3. The van der Waals surface area contributed by atoms with Crippen LogP contribution < -0.4 is 0 Å². The molecule has 0 saturated carbocycles. The van der Waals surface area contributed by atoms with Crippen LogP contribution in [-0.4, -0.2) is 86.1 Å². The average molecular weight is 779 g/mol. The van der Waals surface area contributed by atoms with Crippen molar-refractivity contribution in [3.8, 4) is 0 Å². The normalized spacial score (nSPS) is 11.6. The smallest absolute Gasteiger partial charge is 0.305 e. The first-order valence-electron chi connectivity index (χ1n) is 22.5. The first kappa shape index (κ1) is 52.2. The molecule has 316 valence electrons. The van der Waals surface area contributed by atoms with E-state index in [4.69, 9.17) is 9.47 Å². The summed E-state index contributed by atoms with van der Waals surface area (Å²) in [6, 6.07) is 0. The third-order valence-electron chi connectivity index (χ3n) is 9.79. The summed E-state index contributed by atoms with van der Waals surface area (Å²) in [6.45, 7) is 6.39. The Balaban J connectivity index is 4.11. The zero-order valence-corrected chi connectivity index (χ0v) is 36.7. The molecule has 54 heavy (non-hydrogen) atoms. The molecule has 0 spiro atoms. The molecule has 0 aliphatic carbocycles. The minimum Gasteiger partial charge on any atom is -0.464 e. The lowest BCUT2D eigenvalue weighted by atomic mass is 10.1. The number of unbranched alkanes of at least 4 members (excludes halogenated alkanes) is 22. The number of amides is 1. The molecule has 0 aromatic carbocycles. The van der Waals surface area contributed by atoms with Gasteiger partial charge in [-0.25, -0.2) is 0 Å². The van der Waals surface area contributed by atoms with Gasteiger partial charge in [0.05, 0.1) is 18.8 Å². The third kappa shape index (κ3) is 39.9. The van der Waals surface area contributed by atoms with Crippen LogP contribution in [-0.2, 0) is 23.9 Å². The summed E-state index contributed by atoms with van der Waals surface area (Å²) < 4.78 is 11.0. The molecule has 0 N–H and O–H groups in total. The Labute approximate surface area is 338 Å². The molecule has 7 nitrogen and oxygen atoms in total. The number of ether oxygens (including phenoxy) is 2. The van der Waals surface area contributed by atoms with E-state index in [1.54, 1.807) is 16.7 Å². The van der Waals surface area contributed by atoms with Crippen LogP contribution in [0, 0.1) is 0 Å². The van der Waals surface area contributed by atoms with E-state index in [2.05, 4.69) is 43.1 Å². The van der Waals surface area contributed by atoms with Crippen molar-refractivity contribution in [3.63, 3.8) is 0 Å². The van der Waals surface area contributed by atoms with Crippen LogP contribution in [0.5, 0.6) is 0 Å². The van der Waals surface area contributed by atoms with E-state index in [0.29, 0.717) is 31.7 Å². The molecular formula is C46H86N2O5S. The molecule has 0 fully saturated rings. The Morgan fingerprint density at radius 2 is 0.833 bits per heavy atom. The fraction of sp³-hybridized carbons (Fsp3) is 0.848. The minimum absolute atomic E-state index is 0.0136. The zero-order valence-electron chi connectivity index (χ0n) is 35.9. The highest BCUT2D eigenvalue weighted by Crippen LogP contribution is 2.12. The van der Waals surface area contributed by atoms with Crippen molar-refractivity contribution in [2.24, 2.45) is 0 Å². The van der Waals surface area contributed by atoms with E-state index in [1.807, 2.05) is 14.1 Å². The summed E-state index contributed by atoms with van der Waals surface area (Å²) in [7, 11) is 4.04. The summed E-state index contributed by atoms with van der Waals surface area (Å²) >= 11 is 1.60. The van der Waals surface area contributed by atoms with Gasteiger partial charge in [-0.05, 0) is 78.3 Å². The molecule has 0 bridgehead atoms. The molecule has 0 aliphatic rings. The number of hydrogen-bond donors (Lipinski definition) is 0. The second kappa shape index (κ2) is 42.3. The van der Waals surface area contributed by atoms with Crippen LogP contribution in [0.1, 0.15) is 194 Å². The molecule has 0 atom stereocenters. The van der Waals surface area contributed by atoms with Gasteiger partial charge in [0.15, 0.2) is 0 Å². The van der Waals surface area contributed by atoms with Crippen LogP contribution in [0.4, 0.5) is 0 Å². The van der Waals surface area contributed by atoms with Crippen LogP contribution in [0.2, 0.25) is 0 Å². The SMILES string of the molecule is CCCCCCCCC=CCCCCCCCC(=O)OCCN(CCOC(=O)CCCCCCCC=CCCCCCCCC)C(=O)CSCCN(C)C. The van der Waals surface area contributed by atoms with Gasteiger partial charge in [0.1, 0.15) is 13.2 Å². The Kier molecular flexibility index (Phi) is 40.9. The summed E-state index contributed by atoms with van der Waals surface area (Å²) in [5, 5.41) is 0. The number of nitrogens with zero attached hydrogens (tertiary/aromatic N) is 2. The predicted molar refractivity (Wildman–Crippen MR) is 233 cm³/mol. The van der Waals surface area contributed by atoms with Crippen molar-refractivity contribution in [1.29, 1.82) is 0 Å². The summed E-state index contributed by atoms with van der Waals surface area (Å²) in [5.41, 5.74) is 0. The fourth-order valence-corrected chi connectivity index (χ4v) is 7.22. The van der Waals surface area contributed by atoms with E-state index in [1.165, 1.54) is 116 Å². The van der Waals surface area contributed by atoms with E-state index in [0.717, 1.165) is 63.7 Å². The van der Waals surface area contributed by atoms with Gasteiger partial charge in [-0.1, -0.05) is 141 Å². The topological polar surface area (TPSA) is 76.1 Å². The number of carbonyl (C=O) groups excluding carboxylic acids is 3. The number of rotatable bonds is 41. The number of esters is 2. The van der Waals surface area contributed by atoms with Gasteiger partial charge >= 0.3 is 11.9 Å². The fourth-order valence-electron chi connectivity index (χ4n) is 6.22. The van der Waals surface area contributed by atoms with E-state index >= 15 is 0 Å². The molecule has 0 unspecified atom stereocenters. The van der Waals surface area contributed by atoms with Crippen molar-refractivity contribution in [2.75, 3.05) is 58.4 Å². The van der Waals surface area contributed by atoms with Gasteiger partial charge in [-0.3, -0.25) is 14.4 Å². The lowest BCUT2D eigenvalue weighted by Gasteiger charge is -2.22. The Morgan fingerprint density at radius 3 is 1.20 bits per heavy atom. The summed E-state index contributed by atoms with van der Waals surface area (Å²) in [5.74, 6) is 0.807. The molecule has 0 aromatic rings. The largest absolute Gasteiger partial charge is 0.464 e. The molecule has 8 heteroatoms. The highest BCUT2D eigenvalue weighted by molar-refractivity contribution is 7.99. The molecule has 0 aromatic heterocycles. The van der Waals surface area contributed by atoms with Gasteiger partial charge in [-0.2, -0.15) is 11.8 Å². The minimum atomic E-state index is -0.202. The highest BCUT2D eigenvalue weighted by Gasteiger charge is 2.16. The number of carbonyl (C=O) groups is 3. The standard InChI is InChI=1S/C46H86N2O5S/c1-5-7-9-11-13-15-17-19-21-23-25-27-29-31-33-35-45(50)52-40-37-48(44(49)43-54-42-39-47(3)4)38-41-53-46(51)36-34-32-30-28-26-24-22-20-18-16-14-12-10-8-6-2/h19-22H,5-18,23-43H2,1-4H3. The lowest BCUT2D eigenvalue weighted by molar-refractivity contribution is -0.147. The molecule has 0 saturated heterocycles. The quantitative estimate of drug-likeness (QED) is 0.0347. The molecule has 0 heterocycles. The van der Waals surface area contributed by atoms with Gasteiger partial charge in [-0.15, -0.1) is 0 Å². The van der Waals surface area contributed by atoms with Gasteiger partial charge < -0.3 is 19.3 Å². The maximum atomic E-state index is 13.0. The van der Waals surface area contributed by atoms with Crippen molar-refractivity contribution in [2.45, 2.75) is 194 Å². The van der Waals surface area contributed by atoms with E-state index in [-0.39, 0.29) is 31.1 Å². The Morgan fingerprint density at radius 1 is 0.481 bits per heavy atom. The van der Waals surface area contributed by atoms with Crippen LogP contribution in [0.3, 0.4) is 0 Å². The first-order chi connectivity index (χ1) is 26.4. The second-order valence-electron chi connectivity index (χ2n) is 15.3. The second-order valence-corrected chi connectivity index (χ2v) is 16.5. The molecule has 0 aliphatic heterocycles. The molecule has 0 radical (unpaired) electrons. The monoisotopic (exact) mass is 779 g/mol. The van der Waals surface area contributed by atoms with Gasteiger partial charge in [0, 0.05) is 25.1 Å². The van der Waals surface area contributed by atoms with Gasteiger partial charge in [0.2, 0.25) is 5.91 Å². The maximum Gasteiger partial charge on any atom is 0.305 e. The summed E-state index contributed by atoms with van der Waals surface area (Å²) in [6.07, 6.45) is 42.0. The van der Waals surface area contributed by atoms with E-state index in [9.17, 15) is 14.4 Å². The Hall–Kier alpha value is -1.80. The average Bonchev–Trinajstić information content (AvgIpc) is 3.15. The number of hydrogen-bond acceptors (Lipinski definition) is 7. The van der Waals surface area contributed by atoms with Crippen molar-refractivity contribution in [1.82, 2.24) is 9.80 Å². The van der Waals surface area contributed by atoms with Crippen molar-refractivity contribution in [3.05, 3.63) is 24.3 Å². The maximum absolute atomic E-state index is 13.0. The number of thioether (sulfide) groups is 1. The number of allylic oxidation sites excluding steroid dienone is 4. The van der Waals surface area contributed by atoms with Crippen LogP contribution >= 0.6 is 11.8 Å². The third-order valence-corrected chi connectivity index (χ3v) is 10.7. The molecule has 0 rings (SSSR count). The highest BCUT2D eigenvalue weighted by atomic mass is 32.2. The van der Waals surface area contributed by atoms with Crippen LogP contribution in [0.25, 0.3) is 0 Å². The van der Waals surface area contributed by atoms with Crippen molar-refractivity contribution >= 4 is 29.6 Å². The summed E-state index contributed by atoms with van der Waals surface area (Å²) in [4.78, 5) is 41.5. The Bertz CT molecular complexity index is 852. The molecule has 1 amide bonds. The molecular weight excluding hydrogens is 693 g/mol. The van der Waals surface area contributed by atoms with Gasteiger partial charge in [0.25, 0.3) is 0 Å². The van der Waals surface area contributed by atoms with Crippen molar-refractivity contribution < 1.29 is 23.9 Å². The van der Waals surface area contributed by atoms with E-state index < -0.39 is 0 Å². The van der Waals surface area contributed by atoms with Crippen LogP contribution in [0.15, 0.2) is 24.3 Å².